The number of oxime groups is 1. The van der Waals surface area contributed by atoms with Crippen LogP contribution in [0.15, 0.2) is 15.8 Å². The van der Waals surface area contributed by atoms with Crippen LogP contribution in [-0.4, -0.2) is 23.1 Å². The van der Waals surface area contributed by atoms with Crippen LogP contribution in [0.4, 0.5) is 0 Å². The molecule has 1 aromatic rings. The summed E-state index contributed by atoms with van der Waals surface area (Å²) in [4.78, 5) is 22.4. The summed E-state index contributed by atoms with van der Waals surface area (Å²) in [6.07, 6.45) is 12.8. The molecule has 0 saturated heterocycles. The topological polar surface area (TPSA) is 64.7 Å². The highest BCUT2D eigenvalue weighted by Crippen LogP contribution is 2.65. The molecule has 0 aliphatic heterocycles. The highest BCUT2D eigenvalue weighted by Gasteiger charge is 2.60. The van der Waals surface area contributed by atoms with Gasteiger partial charge in [-0.2, -0.15) is 0 Å². The van der Waals surface area contributed by atoms with Gasteiger partial charge in [-0.3, -0.25) is 4.79 Å². The normalized spacial score (nSPS) is 42.0. The molecular weight excluding hydrogens is 376 g/mol. The maximum atomic E-state index is 12.6. The third-order valence-electron chi connectivity index (χ3n) is 9.51. The molecule has 5 heteroatoms. The Morgan fingerprint density at radius 2 is 2.03 bits per heavy atom. The summed E-state index contributed by atoms with van der Waals surface area (Å²) in [5.74, 6) is 5.01. The van der Waals surface area contributed by atoms with Gasteiger partial charge in [0.1, 0.15) is 18.2 Å². The number of aryl methyl sites for hydroxylation is 1. The van der Waals surface area contributed by atoms with E-state index in [0.717, 1.165) is 49.7 Å². The second-order valence-electron chi connectivity index (χ2n) is 10.9. The van der Waals surface area contributed by atoms with Crippen LogP contribution in [0.5, 0.6) is 0 Å². The van der Waals surface area contributed by atoms with E-state index >= 15 is 0 Å². The molecule has 1 aromatic heterocycles. The maximum Gasteiger partial charge on any atom is 0.191 e. The Morgan fingerprint density at radius 1 is 1.17 bits per heavy atom. The summed E-state index contributed by atoms with van der Waals surface area (Å²) in [6.45, 7) is 7.23. The summed E-state index contributed by atoms with van der Waals surface area (Å²) in [7, 11) is 0. The Kier molecular flexibility index (Phi) is 5.06. The largest absolute Gasteiger partial charge is 0.446 e. The van der Waals surface area contributed by atoms with E-state index in [0.29, 0.717) is 42.0 Å². The first kappa shape index (κ1) is 20.3. The molecule has 4 fully saturated rings. The van der Waals surface area contributed by atoms with Crippen molar-refractivity contribution in [2.75, 3.05) is 6.61 Å². The van der Waals surface area contributed by atoms with Crippen molar-refractivity contribution in [1.29, 1.82) is 0 Å². The van der Waals surface area contributed by atoms with Gasteiger partial charge in [-0.15, -0.1) is 0 Å². The quantitative estimate of drug-likeness (QED) is 0.483. The minimum Gasteiger partial charge on any atom is -0.446 e. The van der Waals surface area contributed by atoms with Gasteiger partial charge in [0.15, 0.2) is 5.89 Å². The molecule has 0 spiro atoms. The second-order valence-corrected chi connectivity index (χ2v) is 10.9. The van der Waals surface area contributed by atoms with Crippen molar-refractivity contribution >= 4 is 11.5 Å². The number of Topliss-reactive ketones (excluding diaryl/α,β-unsaturated/α-hetero) is 1. The molecule has 4 aliphatic carbocycles. The summed E-state index contributed by atoms with van der Waals surface area (Å²) in [5.41, 5.74) is 1.63. The number of fused-ring (bicyclic) bond motifs is 5. The van der Waals surface area contributed by atoms with Crippen molar-refractivity contribution in [2.45, 2.75) is 85.0 Å². The fraction of sp³-hybridized carbons (Fsp3) is 0.800. The molecule has 4 saturated carbocycles. The molecule has 5 nitrogen and oxygen atoms in total. The van der Waals surface area contributed by atoms with Gasteiger partial charge in [0.05, 0.1) is 11.9 Å². The van der Waals surface area contributed by atoms with Crippen molar-refractivity contribution in [3.05, 3.63) is 17.8 Å². The molecule has 4 aliphatic rings. The van der Waals surface area contributed by atoms with Gasteiger partial charge in [-0.1, -0.05) is 19.0 Å². The van der Waals surface area contributed by atoms with Crippen molar-refractivity contribution in [3.8, 4) is 0 Å². The van der Waals surface area contributed by atoms with Crippen molar-refractivity contribution in [2.24, 2.45) is 39.7 Å². The monoisotopic (exact) mass is 412 g/mol. The maximum absolute atomic E-state index is 12.6. The van der Waals surface area contributed by atoms with Gasteiger partial charge in [-0.25, -0.2) is 4.98 Å². The van der Waals surface area contributed by atoms with Gasteiger partial charge in [0.25, 0.3) is 0 Å². The molecule has 0 aromatic carbocycles. The summed E-state index contributed by atoms with van der Waals surface area (Å²) in [5, 5.41) is 4.52. The van der Waals surface area contributed by atoms with Gasteiger partial charge in [0, 0.05) is 25.2 Å². The fourth-order valence-electron chi connectivity index (χ4n) is 7.72. The lowest BCUT2D eigenvalue weighted by molar-refractivity contribution is -0.137. The number of hydrogen-bond donors (Lipinski definition) is 0. The first-order valence-electron chi connectivity index (χ1n) is 12.0. The van der Waals surface area contributed by atoms with Crippen molar-refractivity contribution < 1.29 is 14.0 Å². The summed E-state index contributed by atoms with van der Waals surface area (Å²) < 4.78 is 5.49. The smallest absolute Gasteiger partial charge is 0.191 e. The summed E-state index contributed by atoms with van der Waals surface area (Å²) >= 11 is 0. The molecule has 0 amide bonds. The zero-order chi connectivity index (χ0) is 20.9. The van der Waals surface area contributed by atoms with E-state index < -0.39 is 0 Å². The van der Waals surface area contributed by atoms with Gasteiger partial charge in [-0.05, 0) is 80.5 Å². The number of rotatable bonds is 4. The molecule has 164 valence electrons. The van der Waals surface area contributed by atoms with E-state index in [-0.39, 0.29) is 5.41 Å². The standard InChI is InChI=1S/C25H36N2O3/c1-16-26-15-19(30-16)10-13-29-27-18-8-11-24(2)17(14-18)4-5-20-21-6-7-23(28)25(21,3)12-9-22(20)24/h15,17,20-22H,4-14H2,1-3H3/b27-18+/t17?,20?,21?,22?,24-,25-/m0/s1. The van der Waals surface area contributed by atoms with Crippen LogP contribution in [0.3, 0.4) is 0 Å². The number of carbonyl (C=O) groups excluding carboxylic acids is 1. The van der Waals surface area contributed by atoms with Crippen LogP contribution < -0.4 is 0 Å². The van der Waals surface area contributed by atoms with Gasteiger partial charge in [0.2, 0.25) is 0 Å². The van der Waals surface area contributed by atoms with Crippen LogP contribution in [-0.2, 0) is 16.1 Å². The van der Waals surface area contributed by atoms with Crippen LogP contribution in [0.1, 0.15) is 83.3 Å². The second kappa shape index (κ2) is 7.49. The van der Waals surface area contributed by atoms with Crippen molar-refractivity contribution in [3.63, 3.8) is 0 Å². The van der Waals surface area contributed by atoms with Crippen molar-refractivity contribution in [1.82, 2.24) is 4.98 Å². The predicted octanol–water partition coefficient (Wildman–Crippen LogP) is 5.51. The molecule has 30 heavy (non-hydrogen) atoms. The van der Waals surface area contributed by atoms with E-state index in [4.69, 9.17) is 9.25 Å². The zero-order valence-electron chi connectivity index (χ0n) is 18.8. The number of hydrogen-bond acceptors (Lipinski definition) is 5. The van der Waals surface area contributed by atoms with E-state index in [9.17, 15) is 4.79 Å². The van der Waals surface area contributed by atoms with Gasteiger partial charge < -0.3 is 9.25 Å². The number of aromatic nitrogens is 1. The zero-order valence-corrected chi connectivity index (χ0v) is 18.8. The minimum absolute atomic E-state index is 0.0124. The molecule has 0 bridgehead atoms. The Morgan fingerprint density at radius 3 is 2.83 bits per heavy atom. The number of ketones is 1. The lowest BCUT2D eigenvalue weighted by Crippen LogP contribution is -2.53. The first-order chi connectivity index (χ1) is 14.4. The number of nitrogens with zero attached hydrogens (tertiary/aromatic N) is 2. The molecule has 4 unspecified atom stereocenters. The highest BCUT2D eigenvalue weighted by atomic mass is 16.6. The predicted molar refractivity (Wildman–Crippen MR) is 115 cm³/mol. The van der Waals surface area contributed by atoms with E-state index in [1.807, 2.05) is 6.92 Å². The molecule has 6 atom stereocenters. The molecule has 5 rings (SSSR count). The SMILES string of the molecule is Cc1ncc(CCO/N=C2\CC[C@@]3(C)C(CCC4C3CC[C@]3(C)C(=O)CCC43)C2)o1. The van der Waals surface area contributed by atoms with Crippen LogP contribution in [0, 0.1) is 41.4 Å². The van der Waals surface area contributed by atoms with E-state index in [1.54, 1.807) is 6.20 Å². The van der Waals surface area contributed by atoms with Crippen LogP contribution in [0.2, 0.25) is 0 Å². The van der Waals surface area contributed by atoms with Crippen LogP contribution >= 0.6 is 0 Å². The molecule has 1 heterocycles. The Labute approximate surface area is 180 Å². The number of carbonyl (C=O) groups is 1. The molecular formula is C25H36N2O3. The van der Waals surface area contributed by atoms with Crippen LogP contribution in [0.25, 0.3) is 0 Å². The first-order valence-corrected chi connectivity index (χ1v) is 12.0. The van der Waals surface area contributed by atoms with E-state index in [1.165, 1.54) is 31.4 Å². The highest BCUT2D eigenvalue weighted by molar-refractivity contribution is 5.87. The van der Waals surface area contributed by atoms with Gasteiger partial charge >= 0.3 is 0 Å². The Bertz CT molecular complexity index is 845. The minimum atomic E-state index is -0.0124. The lowest BCUT2D eigenvalue weighted by Gasteiger charge is -2.59. The Balaban J connectivity index is 1.21. The molecule has 0 N–H and O–H groups in total. The lowest BCUT2D eigenvalue weighted by atomic mass is 9.45. The van der Waals surface area contributed by atoms with E-state index in [2.05, 4.69) is 24.0 Å². The Hall–Kier alpha value is -1.65. The average Bonchev–Trinajstić information content (AvgIpc) is 3.28. The third-order valence-corrected chi connectivity index (χ3v) is 9.51. The third kappa shape index (κ3) is 3.23. The summed E-state index contributed by atoms with van der Waals surface area (Å²) in [6, 6.07) is 0. The number of oxazole rings is 1. The average molecular weight is 413 g/mol. The fourth-order valence-corrected chi connectivity index (χ4v) is 7.72. The molecule has 0 radical (unpaired) electrons.